The molecular formula is C16H22N2O2. The standard InChI is InChI=1S/C16H22N2O2/c1-10(2)7-14-15(19)18(16(20)17-14)9-13-8-11(3)5-6-12(13)4/h5-6,8,10,14H,7,9H2,1-4H3,(H,17,20). The monoisotopic (exact) mass is 274 g/mol. The molecule has 1 atom stereocenters. The SMILES string of the molecule is Cc1ccc(C)c(CN2C(=O)NC(CC(C)C)C2=O)c1. The predicted molar refractivity (Wildman–Crippen MR) is 78.2 cm³/mol. The zero-order valence-electron chi connectivity index (χ0n) is 12.6. The van der Waals surface area contributed by atoms with Gasteiger partial charge < -0.3 is 5.32 Å². The molecule has 1 N–H and O–H groups in total. The molecule has 1 aromatic rings. The van der Waals surface area contributed by atoms with Crippen LogP contribution in [0.1, 0.15) is 37.0 Å². The molecule has 0 saturated carbocycles. The fourth-order valence-corrected chi connectivity index (χ4v) is 2.50. The number of imide groups is 1. The van der Waals surface area contributed by atoms with Crippen molar-refractivity contribution in [3.63, 3.8) is 0 Å². The zero-order chi connectivity index (χ0) is 14.9. The van der Waals surface area contributed by atoms with E-state index in [1.165, 1.54) is 4.90 Å². The summed E-state index contributed by atoms with van der Waals surface area (Å²) in [5, 5.41) is 2.78. The van der Waals surface area contributed by atoms with Crippen molar-refractivity contribution in [3.05, 3.63) is 34.9 Å². The first kappa shape index (κ1) is 14.6. The van der Waals surface area contributed by atoms with Gasteiger partial charge in [-0.25, -0.2) is 4.79 Å². The Morgan fingerprint density at radius 2 is 1.95 bits per heavy atom. The Morgan fingerprint density at radius 1 is 1.25 bits per heavy atom. The maximum absolute atomic E-state index is 12.3. The van der Waals surface area contributed by atoms with Crippen LogP contribution in [0.25, 0.3) is 0 Å². The Morgan fingerprint density at radius 3 is 2.60 bits per heavy atom. The Kier molecular flexibility index (Phi) is 4.12. The Bertz CT molecular complexity index is 537. The molecule has 2 rings (SSSR count). The molecule has 0 bridgehead atoms. The molecule has 0 aliphatic carbocycles. The van der Waals surface area contributed by atoms with E-state index in [1.807, 2.05) is 45.9 Å². The summed E-state index contributed by atoms with van der Waals surface area (Å²) >= 11 is 0. The van der Waals surface area contributed by atoms with Gasteiger partial charge in [-0.15, -0.1) is 0 Å². The van der Waals surface area contributed by atoms with Gasteiger partial charge in [-0.3, -0.25) is 9.69 Å². The maximum atomic E-state index is 12.3. The van der Waals surface area contributed by atoms with Gasteiger partial charge in [0.2, 0.25) is 0 Å². The highest BCUT2D eigenvalue weighted by Gasteiger charge is 2.38. The molecule has 1 aliphatic heterocycles. The lowest BCUT2D eigenvalue weighted by molar-refractivity contribution is -0.128. The fourth-order valence-electron chi connectivity index (χ4n) is 2.50. The first-order chi connectivity index (χ1) is 9.38. The number of nitrogens with zero attached hydrogens (tertiary/aromatic N) is 1. The van der Waals surface area contributed by atoms with Crippen molar-refractivity contribution < 1.29 is 9.59 Å². The van der Waals surface area contributed by atoms with Gasteiger partial charge in [0, 0.05) is 0 Å². The summed E-state index contributed by atoms with van der Waals surface area (Å²) in [5.41, 5.74) is 3.26. The summed E-state index contributed by atoms with van der Waals surface area (Å²) in [4.78, 5) is 25.6. The molecule has 4 heteroatoms. The Balaban J connectivity index is 2.15. The average Bonchev–Trinajstić information content (AvgIpc) is 2.61. The van der Waals surface area contributed by atoms with Gasteiger partial charge in [0.05, 0.1) is 6.54 Å². The second kappa shape index (κ2) is 5.65. The van der Waals surface area contributed by atoms with E-state index in [0.717, 1.165) is 16.7 Å². The van der Waals surface area contributed by atoms with E-state index in [-0.39, 0.29) is 18.0 Å². The molecule has 0 radical (unpaired) electrons. The van der Waals surface area contributed by atoms with Gasteiger partial charge in [0.1, 0.15) is 6.04 Å². The van der Waals surface area contributed by atoms with Gasteiger partial charge in [0.25, 0.3) is 5.91 Å². The van der Waals surface area contributed by atoms with Crippen LogP contribution in [0.5, 0.6) is 0 Å². The molecule has 108 valence electrons. The van der Waals surface area contributed by atoms with Crippen LogP contribution in [0.15, 0.2) is 18.2 Å². The van der Waals surface area contributed by atoms with Crippen molar-refractivity contribution >= 4 is 11.9 Å². The van der Waals surface area contributed by atoms with Gasteiger partial charge in [-0.2, -0.15) is 0 Å². The number of urea groups is 1. The first-order valence-corrected chi connectivity index (χ1v) is 7.06. The minimum Gasteiger partial charge on any atom is -0.326 e. The van der Waals surface area contributed by atoms with Crippen molar-refractivity contribution in [1.29, 1.82) is 0 Å². The third-order valence-corrected chi connectivity index (χ3v) is 3.65. The second-order valence-corrected chi connectivity index (χ2v) is 5.99. The summed E-state index contributed by atoms with van der Waals surface area (Å²) < 4.78 is 0. The summed E-state index contributed by atoms with van der Waals surface area (Å²) in [6.07, 6.45) is 0.688. The molecule has 0 spiro atoms. The van der Waals surface area contributed by atoms with Crippen molar-refractivity contribution in [3.8, 4) is 0 Å². The van der Waals surface area contributed by atoms with Gasteiger partial charge in [-0.1, -0.05) is 37.6 Å². The third-order valence-electron chi connectivity index (χ3n) is 3.65. The lowest BCUT2D eigenvalue weighted by Crippen LogP contribution is -2.31. The van der Waals surface area contributed by atoms with E-state index in [0.29, 0.717) is 18.9 Å². The average molecular weight is 274 g/mol. The summed E-state index contributed by atoms with van der Waals surface area (Å²) in [5.74, 6) is 0.273. The highest BCUT2D eigenvalue weighted by atomic mass is 16.2. The largest absolute Gasteiger partial charge is 0.326 e. The van der Waals surface area contributed by atoms with Crippen LogP contribution in [0.4, 0.5) is 4.79 Å². The first-order valence-electron chi connectivity index (χ1n) is 7.06. The van der Waals surface area contributed by atoms with E-state index in [4.69, 9.17) is 0 Å². The van der Waals surface area contributed by atoms with E-state index in [2.05, 4.69) is 5.32 Å². The number of nitrogens with one attached hydrogen (secondary N) is 1. The highest BCUT2D eigenvalue weighted by molar-refractivity contribution is 6.04. The van der Waals surface area contributed by atoms with Crippen LogP contribution in [0.2, 0.25) is 0 Å². The van der Waals surface area contributed by atoms with Crippen LogP contribution in [-0.2, 0) is 11.3 Å². The molecular weight excluding hydrogens is 252 g/mol. The Labute approximate surface area is 120 Å². The van der Waals surface area contributed by atoms with Crippen LogP contribution < -0.4 is 5.32 Å². The second-order valence-electron chi connectivity index (χ2n) is 5.99. The molecule has 1 saturated heterocycles. The van der Waals surface area contributed by atoms with E-state index in [9.17, 15) is 9.59 Å². The predicted octanol–water partition coefficient (Wildman–Crippen LogP) is 2.77. The van der Waals surface area contributed by atoms with Crippen molar-refractivity contribution in [1.82, 2.24) is 10.2 Å². The quantitative estimate of drug-likeness (QED) is 0.858. The zero-order valence-corrected chi connectivity index (χ0v) is 12.6. The maximum Gasteiger partial charge on any atom is 0.325 e. The number of aryl methyl sites for hydroxylation is 2. The number of amides is 3. The van der Waals surface area contributed by atoms with Crippen molar-refractivity contribution in [2.45, 2.75) is 46.7 Å². The molecule has 20 heavy (non-hydrogen) atoms. The molecule has 0 aromatic heterocycles. The lowest BCUT2D eigenvalue weighted by Gasteiger charge is -2.15. The normalized spacial score (nSPS) is 18.9. The number of rotatable bonds is 4. The molecule has 1 unspecified atom stereocenters. The number of carbonyl (C=O) groups excluding carboxylic acids is 2. The van der Waals surface area contributed by atoms with Crippen molar-refractivity contribution in [2.24, 2.45) is 5.92 Å². The van der Waals surface area contributed by atoms with E-state index in [1.54, 1.807) is 0 Å². The number of carbonyl (C=O) groups is 2. The lowest BCUT2D eigenvalue weighted by atomic mass is 10.0. The third kappa shape index (κ3) is 3.00. The number of hydrogen-bond donors (Lipinski definition) is 1. The van der Waals surface area contributed by atoms with Crippen LogP contribution in [0, 0.1) is 19.8 Å². The minimum atomic E-state index is -0.368. The molecule has 4 nitrogen and oxygen atoms in total. The van der Waals surface area contributed by atoms with E-state index < -0.39 is 0 Å². The van der Waals surface area contributed by atoms with Gasteiger partial charge >= 0.3 is 6.03 Å². The molecule has 1 aliphatic rings. The van der Waals surface area contributed by atoms with Crippen LogP contribution in [0.3, 0.4) is 0 Å². The minimum absolute atomic E-state index is 0.107. The number of hydrogen-bond acceptors (Lipinski definition) is 2. The summed E-state index contributed by atoms with van der Waals surface area (Å²) in [7, 11) is 0. The molecule has 3 amide bonds. The van der Waals surface area contributed by atoms with Crippen LogP contribution in [-0.4, -0.2) is 22.9 Å². The van der Waals surface area contributed by atoms with Gasteiger partial charge in [0.15, 0.2) is 0 Å². The van der Waals surface area contributed by atoms with Gasteiger partial charge in [-0.05, 0) is 37.3 Å². The highest BCUT2D eigenvalue weighted by Crippen LogP contribution is 2.19. The summed E-state index contributed by atoms with van der Waals surface area (Å²) in [6.45, 7) is 8.46. The number of benzene rings is 1. The summed E-state index contributed by atoms with van der Waals surface area (Å²) in [6, 6.07) is 5.45. The topological polar surface area (TPSA) is 49.4 Å². The van der Waals surface area contributed by atoms with Crippen LogP contribution >= 0.6 is 0 Å². The smallest absolute Gasteiger partial charge is 0.325 e. The molecule has 1 fully saturated rings. The molecule has 1 heterocycles. The molecule has 1 aromatic carbocycles. The van der Waals surface area contributed by atoms with Crippen molar-refractivity contribution in [2.75, 3.05) is 0 Å². The Hall–Kier alpha value is -1.84. The fraction of sp³-hybridized carbons (Fsp3) is 0.500. The van der Waals surface area contributed by atoms with E-state index >= 15 is 0 Å².